The molecule has 0 atom stereocenters. The molecule has 6 heteroatoms. The molecule has 0 bridgehead atoms. The molecule has 6 nitrogen and oxygen atoms in total. The summed E-state index contributed by atoms with van der Waals surface area (Å²) in [5, 5.41) is 6.07. The summed E-state index contributed by atoms with van der Waals surface area (Å²) in [5.41, 5.74) is 1.76. The van der Waals surface area contributed by atoms with Gasteiger partial charge in [0.2, 0.25) is 11.9 Å². The van der Waals surface area contributed by atoms with Gasteiger partial charge in [0.05, 0.1) is 5.92 Å². The summed E-state index contributed by atoms with van der Waals surface area (Å²) < 4.78 is 5.93. The minimum Gasteiger partial charge on any atom is -0.457 e. The first-order valence-electron chi connectivity index (χ1n) is 8.47. The van der Waals surface area contributed by atoms with Gasteiger partial charge in [-0.05, 0) is 18.2 Å². The molecule has 0 spiro atoms. The molecule has 0 fully saturated rings. The number of carbonyl (C=O) groups is 1. The highest BCUT2D eigenvalue weighted by Gasteiger charge is 2.31. The van der Waals surface area contributed by atoms with Crippen LogP contribution in [-0.2, 0) is 4.79 Å². The lowest BCUT2D eigenvalue weighted by molar-refractivity contribution is -0.121. The molecular formula is C20H18N4O2. The number of ether oxygens (including phenoxy) is 1. The van der Waals surface area contributed by atoms with E-state index in [-0.39, 0.29) is 11.8 Å². The van der Waals surface area contributed by atoms with E-state index in [2.05, 4.69) is 20.6 Å². The van der Waals surface area contributed by atoms with Crippen molar-refractivity contribution in [2.45, 2.75) is 5.92 Å². The Morgan fingerprint density at radius 3 is 2.15 bits per heavy atom. The molecule has 1 aliphatic heterocycles. The Morgan fingerprint density at radius 2 is 1.50 bits per heavy atom. The molecule has 1 amide bonds. The van der Waals surface area contributed by atoms with Gasteiger partial charge >= 0.3 is 0 Å². The molecule has 0 saturated heterocycles. The Labute approximate surface area is 151 Å². The molecule has 26 heavy (non-hydrogen) atoms. The second-order valence-electron chi connectivity index (χ2n) is 5.90. The lowest BCUT2D eigenvalue weighted by Crippen LogP contribution is -2.34. The fourth-order valence-electron chi connectivity index (χ4n) is 3.04. The number of rotatable bonds is 5. The smallest absolute Gasteiger partial charge is 0.232 e. The number of benzene rings is 2. The Balaban J connectivity index is 1.47. The summed E-state index contributed by atoms with van der Waals surface area (Å²) in [5.74, 6) is 1.56. The maximum Gasteiger partial charge on any atom is 0.232 e. The topological polar surface area (TPSA) is 76.1 Å². The van der Waals surface area contributed by atoms with Crippen LogP contribution in [0.2, 0.25) is 0 Å². The molecule has 1 aromatic heterocycles. The molecule has 0 aliphatic carbocycles. The SMILES string of the molecule is O=C(NCCNc1ncccn1)C1c2ccccc2Oc2ccccc21. The van der Waals surface area contributed by atoms with Crippen LogP contribution in [0.1, 0.15) is 17.0 Å². The Hall–Kier alpha value is -3.41. The fraction of sp³-hybridized carbons (Fsp3) is 0.150. The maximum atomic E-state index is 12.9. The summed E-state index contributed by atoms with van der Waals surface area (Å²) in [6.07, 6.45) is 3.34. The summed E-state index contributed by atoms with van der Waals surface area (Å²) >= 11 is 0. The van der Waals surface area contributed by atoms with E-state index in [1.165, 1.54) is 0 Å². The summed E-state index contributed by atoms with van der Waals surface area (Å²) in [4.78, 5) is 21.1. The number of anilines is 1. The van der Waals surface area contributed by atoms with E-state index in [0.717, 1.165) is 22.6 Å². The lowest BCUT2D eigenvalue weighted by atomic mass is 9.87. The first kappa shape index (κ1) is 16.1. The Bertz CT molecular complexity index is 869. The van der Waals surface area contributed by atoms with E-state index in [4.69, 9.17) is 4.74 Å². The highest BCUT2D eigenvalue weighted by Crippen LogP contribution is 2.43. The molecule has 4 rings (SSSR count). The monoisotopic (exact) mass is 346 g/mol. The normalized spacial score (nSPS) is 12.5. The van der Waals surface area contributed by atoms with E-state index >= 15 is 0 Å². The number of hydrogen-bond acceptors (Lipinski definition) is 5. The second kappa shape index (κ2) is 7.23. The van der Waals surface area contributed by atoms with Gasteiger partial charge in [-0.25, -0.2) is 9.97 Å². The molecule has 0 saturated carbocycles. The van der Waals surface area contributed by atoms with E-state index in [9.17, 15) is 4.79 Å². The number of carbonyl (C=O) groups excluding carboxylic acids is 1. The van der Waals surface area contributed by atoms with Crippen LogP contribution in [0.15, 0.2) is 67.0 Å². The molecule has 1 aliphatic rings. The van der Waals surface area contributed by atoms with Crippen LogP contribution in [0.4, 0.5) is 5.95 Å². The molecule has 0 radical (unpaired) electrons. The summed E-state index contributed by atoms with van der Waals surface area (Å²) in [6, 6.07) is 17.1. The van der Waals surface area contributed by atoms with Crippen molar-refractivity contribution in [2.24, 2.45) is 0 Å². The summed E-state index contributed by atoms with van der Waals surface area (Å²) in [7, 11) is 0. The van der Waals surface area contributed by atoms with Crippen molar-refractivity contribution in [3.05, 3.63) is 78.1 Å². The van der Waals surface area contributed by atoms with E-state index in [1.54, 1.807) is 18.5 Å². The molecule has 2 N–H and O–H groups in total. The van der Waals surface area contributed by atoms with Crippen molar-refractivity contribution in [1.29, 1.82) is 0 Å². The van der Waals surface area contributed by atoms with Crippen LogP contribution in [0, 0.1) is 0 Å². The third-order valence-corrected chi connectivity index (χ3v) is 4.22. The van der Waals surface area contributed by atoms with Gasteiger partial charge < -0.3 is 15.4 Å². The van der Waals surface area contributed by atoms with Crippen molar-refractivity contribution in [3.63, 3.8) is 0 Å². The third kappa shape index (κ3) is 3.21. The van der Waals surface area contributed by atoms with Crippen molar-refractivity contribution in [2.75, 3.05) is 18.4 Å². The predicted molar refractivity (Wildman–Crippen MR) is 98.3 cm³/mol. The van der Waals surface area contributed by atoms with Crippen LogP contribution in [-0.4, -0.2) is 29.0 Å². The highest BCUT2D eigenvalue weighted by atomic mass is 16.5. The molecule has 3 aromatic rings. The lowest BCUT2D eigenvalue weighted by Gasteiger charge is -2.27. The van der Waals surface area contributed by atoms with Gasteiger partial charge in [-0.3, -0.25) is 4.79 Å². The van der Waals surface area contributed by atoms with Crippen LogP contribution in [0.5, 0.6) is 11.5 Å². The van der Waals surface area contributed by atoms with Gasteiger partial charge in [-0.2, -0.15) is 0 Å². The largest absolute Gasteiger partial charge is 0.457 e. The van der Waals surface area contributed by atoms with Crippen molar-refractivity contribution in [3.8, 4) is 11.5 Å². The Kier molecular flexibility index (Phi) is 4.47. The number of amides is 1. The van der Waals surface area contributed by atoms with E-state index in [0.29, 0.717) is 19.0 Å². The van der Waals surface area contributed by atoms with Gasteiger partial charge in [-0.15, -0.1) is 0 Å². The molecule has 2 aromatic carbocycles. The second-order valence-corrected chi connectivity index (χ2v) is 5.90. The number of hydrogen-bond donors (Lipinski definition) is 2. The van der Waals surface area contributed by atoms with Gasteiger partial charge in [0.1, 0.15) is 11.5 Å². The van der Waals surface area contributed by atoms with Gasteiger partial charge in [0.25, 0.3) is 0 Å². The van der Waals surface area contributed by atoms with Crippen molar-refractivity contribution in [1.82, 2.24) is 15.3 Å². The average molecular weight is 346 g/mol. The minimum atomic E-state index is -0.385. The Morgan fingerprint density at radius 1 is 0.885 bits per heavy atom. The summed E-state index contributed by atoms with van der Waals surface area (Å²) in [6.45, 7) is 1.01. The standard InChI is InChI=1S/C20H18N4O2/c25-19(21-12-13-24-20-22-10-5-11-23-20)18-14-6-1-3-8-16(14)26-17-9-4-2-7-15(17)18/h1-11,18H,12-13H2,(H,21,25)(H,22,23,24). The van der Waals surface area contributed by atoms with Gasteiger partial charge in [-0.1, -0.05) is 36.4 Å². The predicted octanol–water partition coefficient (Wildman–Crippen LogP) is 2.94. The van der Waals surface area contributed by atoms with Gasteiger partial charge in [0.15, 0.2) is 0 Å². The number of fused-ring (bicyclic) bond motifs is 2. The maximum absolute atomic E-state index is 12.9. The molecular weight excluding hydrogens is 328 g/mol. The molecule has 0 unspecified atom stereocenters. The average Bonchev–Trinajstić information content (AvgIpc) is 2.70. The number of nitrogens with zero attached hydrogens (tertiary/aromatic N) is 2. The zero-order valence-corrected chi connectivity index (χ0v) is 14.1. The number of para-hydroxylation sites is 2. The molecule has 130 valence electrons. The van der Waals surface area contributed by atoms with Crippen LogP contribution in [0.3, 0.4) is 0 Å². The zero-order chi connectivity index (χ0) is 17.8. The quantitative estimate of drug-likeness (QED) is 0.695. The number of nitrogens with one attached hydrogen (secondary N) is 2. The number of aromatic nitrogens is 2. The minimum absolute atomic E-state index is 0.0519. The van der Waals surface area contributed by atoms with Crippen LogP contribution in [0.25, 0.3) is 0 Å². The first-order valence-corrected chi connectivity index (χ1v) is 8.47. The third-order valence-electron chi connectivity index (χ3n) is 4.22. The fourth-order valence-corrected chi connectivity index (χ4v) is 3.04. The van der Waals surface area contributed by atoms with E-state index < -0.39 is 0 Å². The zero-order valence-electron chi connectivity index (χ0n) is 14.1. The highest BCUT2D eigenvalue weighted by molar-refractivity contribution is 5.89. The van der Waals surface area contributed by atoms with Crippen LogP contribution < -0.4 is 15.4 Å². The first-order chi connectivity index (χ1) is 12.8. The van der Waals surface area contributed by atoms with E-state index in [1.807, 2.05) is 48.5 Å². The van der Waals surface area contributed by atoms with Crippen LogP contribution >= 0.6 is 0 Å². The van der Waals surface area contributed by atoms with Gasteiger partial charge in [0, 0.05) is 36.6 Å². The van der Waals surface area contributed by atoms with Crippen molar-refractivity contribution >= 4 is 11.9 Å². The molecule has 2 heterocycles. The van der Waals surface area contributed by atoms with Crippen molar-refractivity contribution < 1.29 is 9.53 Å².